The lowest BCUT2D eigenvalue weighted by Crippen LogP contribution is -2.09. The Hall–Kier alpha value is -1.53. The van der Waals surface area contributed by atoms with E-state index in [1.165, 1.54) is 29.6 Å². The van der Waals surface area contributed by atoms with E-state index < -0.39 is 0 Å². The Bertz CT molecular complexity index is 614. The second kappa shape index (κ2) is 5.63. The molecule has 2 rings (SSSR count). The first-order valence-electron chi connectivity index (χ1n) is 5.85. The minimum absolute atomic E-state index is 0.0274. The molecule has 0 unspecified atom stereocenters. The zero-order valence-electron chi connectivity index (χ0n) is 10.9. The van der Waals surface area contributed by atoms with Crippen molar-refractivity contribution in [1.82, 2.24) is 4.98 Å². The van der Waals surface area contributed by atoms with Crippen LogP contribution in [0.5, 0.6) is 0 Å². The van der Waals surface area contributed by atoms with E-state index in [-0.39, 0.29) is 11.7 Å². The van der Waals surface area contributed by atoms with Gasteiger partial charge in [0.2, 0.25) is 0 Å². The van der Waals surface area contributed by atoms with Gasteiger partial charge in [-0.3, -0.25) is 14.9 Å². The molecule has 4 nitrogen and oxygen atoms in total. The van der Waals surface area contributed by atoms with Gasteiger partial charge in [0, 0.05) is 5.38 Å². The predicted molar refractivity (Wildman–Crippen MR) is 78.5 cm³/mol. The lowest BCUT2D eigenvalue weighted by atomic mass is 10.2. The van der Waals surface area contributed by atoms with Gasteiger partial charge in [0.15, 0.2) is 10.9 Å². The van der Waals surface area contributed by atoms with Crippen molar-refractivity contribution in [3.8, 4) is 0 Å². The maximum atomic E-state index is 12.0. The van der Waals surface area contributed by atoms with Crippen LogP contribution >= 0.6 is 22.7 Å². The van der Waals surface area contributed by atoms with Crippen LogP contribution < -0.4 is 5.32 Å². The molecule has 19 heavy (non-hydrogen) atoms. The van der Waals surface area contributed by atoms with E-state index in [0.717, 1.165) is 5.69 Å². The highest BCUT2D eigenvalue weighted by molar-refractivity contribution is 7.16. The van der Waals surface area contributed by atoms with Gasteiger partial charge in [0.25, 0.3) is 5.91 Å². The number of amides is 1. The molecule has 6 heteroatoms. The highest BCUT2D eigenvalue weighted by Crippen LogP contribution is 2.23. The standard InChI is InChI=1S/C13H14N2O2S2/c1-7(2)9-6-18-13(14-9)15-12(17)11-5-4-10(19-11)8(3)16/h4-7H,1-3H3,(H,14,15,17). The molecule has 0 saturated carbocycles. The van der Waals surface area contributed by atoms with Crippen molar-refractivity contribution in [2.24, 2.45) is 0 Å². The van der Waals surface area contributed by atoms with Crippen molar-refractivity contribution in [2.45, 2.75) is 26.7 Å². The Morgan fingerprint density at radius 2 is 1.95 bits per heavy atom. The molecule has 2 aromatic heterocycles. The van der Waals surface area contributed by atoms with Crippen LogP contribution in [0.3, 0.4) is 0 Å². The van der Waals surface area contributed by atoms with Crippen molar-refractivity contribution < 1.29 is 9.59 Å². The number of hydrogen-bond donors (Lipinski definition) is 1. The fraction of sp³-hybridized carbons (Fsp3) is 0.308. The van der Waals surface area contributed by atoms with Gasteiger partial charge in [-0.15, -0.1) is 22.7 Å². The van der Waals surface area contributed by atoms with Crippen molar-refractivity contribution in [3.63, 3.8) is 0 Å². The number of thiophene rings is 1. The topological polar surface area (TPSA) is 59.1 Å². The van der Waals surface area contributed by atoms with Gasteiger partial charge >= 0.3 is 0 Å². The zero-order chi connectivity index (χ0) is 14.0. The summed E-state index contributed by atoms with van der Waals surface area (Å²) in [4.78, 5) is 28.6. The maximum absolute atomic E-state index is 12.0. The molecule has 0 aliphatic carbocycles. The largest absolute Gasteiger partial charge is 0.297 e. The van der Waals surface area contributed by atoms with Crippen molar-refractivity contribution in [3.05, 3.63) is 33.0 Å². The number of rotatable bonds is 4. The van der Waals surface area contributed by atoms with Crippen molar-refractivity contribution in [1.29, 1.82) is 0 Å². The van der Waals surface area contributed by atoms with Crippen LogP contribution in [0.25, 0.3) is 0 Å². The summed E-state index contributed by atoms with van der Waals surface area (Å²) in [5.74, 6) is 0.0931. The first-order chi connectivity index (χ1) is 8.97. The van der Waals surface area contributed by atoms with Gasteiger partial charge in [0.1, 0.15) is 0 Å². The number of ketones is 1. The molecule has 0 fully saturated rings. The number of nitrogens with one attached hydrogen (secondary N) is 1. The van der Waals surface area contributed by atoms with Crippen molar-refractivity contribution >= 4 is 39.5 Å². The third kappa shape index (κ3) is 3.27. The summed E-state index contributed by atoms with van der Waals surface area (Å²) in [5, 5.41) is 5.28. The SMILES string of the molecule is CC(=O)c1ccc(C(=O)Nc2nc(C(C)C)cs2)s1. The van der Waals surface area contributed by atoms with Gasteiger partial charge in [-0.25, -0.2) is 4.98 Å². The highest BCUT2D eigenvalue weighted by atomic mass is 32.1. The van der Waals surface area contributed by atoms with E-state index in [2.05, 4.69) is 24.1 Å². The summed E-state index contributed by atoms with van der Waals surface area (Å²) in [6.07, 6.45) is 0. The lowest BCUT2D eigenvalue weighted by Gasteiger charge is -1.99. The van der Waals surface area contributed by atoms with Crippen LogP contribution in [0.2, 0.25) is 0 Å². The minimum atomic E-state index is -0.220. The average molecular weight is 294 g/mol. The van der Waals surface area contributed by atoms with Gasteiger partial charge < -0.3 is 0 Å². The molecule has 0 aromatic carbocycles. The number of carbonyl (C=O) groups is 2. The molecule has 1 N–H and O–H groups in total. The van der Waals surface area contributed by atoms with Crippen LogP contribution in [0.1, 0.15) is 51.7 Å². The second-order valence-electron chi connectivity index (χ2n) is 4.41. The third-order valence-corrected chi connectivity index (χ3v) is 4.47. The smallest absolute Gasteiger partial charge is 0.267 e. The molecule has 0 aliphatic heterocycles. The highest BCUT2D eigenvalue weighted by Gasteiger charge is 2.13. The molecular formula is C13H14N2O2S2. The molecule has 2 heterocycles. The van der Waals surface area contributed by atoms with Crippen LogP contribution in [-0.4, -0.2) is 16.7 Å². The van der Waals surface area contributed by atoms with E-state index >= 15 is 0 Å². The number of carbonyl (C=O) groups excluding carboxylic acids is 2. The Kier molecular flexibility index (Phi) is 4.11. The first-order valence-corrected chi connectivity index (χ1v) is 7.54. The van der Waals surface area contributed by atoms with Crippen LogP contribution in [-0.2, 0) is 0 Å². The van der Waals surface area contributed by atoms with Crippen LogP contribution in [0.4, 0.5) is 5.13 Å². The minimum Gasteiger partial charge on any atom is -0.297 e. The van der Waals surface area contributed by atoms with Gasteiger partial charge in [-0.05, 0) is 25.0 Å². The van der Waals surface area contributed by atoms with Crippen LogP contribution in [0, 0.1) is 0 Å². The lowest BCUT2D eigenvalue weighted by molar-refractivity contribution is 0.101. The molecule has 0 spiro atoms. The van der Waals surface area contributed by atoms with E-state index in [4.69, 9.17) is 0 Å². The summed E-state index contributed by atoms with van der Waals surface area (Å²) in [6.45, 7) is 5.60. The van der Waals surface area contributed by atoms with Crippen LogP contribution in [0.15, 0.2) is 17.5 Å². The number of thiazole rings is 1. The van der Waals surface area contributed by atoms with E-state index in [0.29, 0.717) is 20.8 Å². The summed E-state index contributed by atoms with van der Waals surface area (Å²) < 4.78 is 0. The summed E-state index contributed by atoms with van der Waals surface area (Å²) in [7, 11) is 0. The predicted octanol–water partition coefficient (Wildman–Crippen LogP) is 3.78. The third-order valence-electron chi connectivity index (χ3n) is 2.51. The number of aromatic nitrogens is 1. The van der Waals surface area contributed by atoms with E-state index in [1.807, 2.05) is 5.38 Å². The normalized spacial score (nSPS) is 10.7. The number of hydrogen-bond acceptors (Lipinski definition) is 5. The number of anilines is 1. The molecular weight excluding hydrogens is 280 g/mol. The number of nitrogens with zero attached hydrogens (tertiary/aromatic N) is 1. The Morgan fingerprint density at radius 1 is 1.26 bits per heavy atom. The molecule has 0 radical (unpaired) electrons. The number of Topliss-reactive ketones (excluding diaryl/α,β-unsaturated/α-hetero) is 1. The second-order valence-corrected chi connectivity index (χ2v) is 6.35. The van der Waals surface area contributed by atoms with E-state index in [1.54, 1.807) is 12.1 Å². The quantitative estimate of drug-likeness (QED) is 0.873. The molecule has 0 saturated heterocycles. The van der Waals surface area contributed by atoms with Crippen molar-refractivity contribution in [2.75, 3.05) is 5.32 Å². The monoisotopic (exact) mass is 294 g/mol. The fourth-order valence-electron chi connectivity index (χ4n) is 1.42. The molecule has 100 valence electrons. The summed E-state index contributed by atoms with van der Waals surface area (Å²) in [6, 6.07) is 3.33. The van der Waals surface area contributed by atoms with Gasteiger partial charge in [0.05, 0.1) is 15.4 Å². The zero-order valence-corrected chi connectivity index (χ0v) is 12.5. The van der Waals surface area contributed by atoms with E-state index in [9.17, 15) is 9.59 Å². The molecule has 0 bridgehead atoms. The summed E-state index contributed by atoms with van der Waals surface area (Å²) >= 11 is 2.61. The Balaban J connectivity index is 2.09. The first kappa shape index (κ1) is 13.9. The maximum Gasteiger partial charge on any atom is 0.267 e. The molecule has 1 amide bonds. The molecule has 0 aliphatic rings. The average Bonchev–Trinajstić information content (AvgIpc) is 2.96. The van der Waals surface area contributed by atoms with Gasteiger partial charge in [-0.2, -0.15) is 0 Å². The molecule has 2 aromatic rings. The summed E-state index contributed by atoms with van der Waals surface area (Å²) in [5.41, 5.74) is 0.968. The van der Waals surface area contributed by atoms with Gasteiger partial charge in [-0.1, -0.05) is 13.8 Å². The fourth-order valence-corrected chi connectivity index (χ4v) is 3.08. The Labute approximate surface area is 119 Å². The Morgan fingerprint density at radius 3 is 2.47 bits per heavy atom. The molecule has 0 atom stereocenters.